The summed E-state index contributed by atoms with van der Waals surface area (Å²) in [6, 6.07) is 0.858. The van der Waals surface area contributed by atoms with Gasteiger partial charge in [0.25, 0.3) is 0 Å². The Balaban J connectivity index is 2.01. The molecule has 0 spiro atoms. The Kier molecular flexibility index (Phi) is 3.87. The summed E-state index contributed by atoms with van der Waals surface area (Å²) in [4.78, 5) is 0. The van der Waals surface area contributed by atoms with Crippen LogP contribution in [0.2, 0.25) is 0 Å². The van der Waals surface area contributed by atoms with E-state index in [0.717, 1.165) is 19.1 Å². The van der Waals surface area contributed by atoms with Gasteiger partial charge in [0.1, 0.15) is 0 Å². The molecule has 1 aliphatic rings. The maximum atomic E-state index is 3.47. The molecular weight excluding hydrogens is 136 g/mol. The first-order valence-electron chi connectivity index (χ1n) is 4.88. The van der Waals surface area contributed by atoms with Gasteiger partial charge in [-0.05, 0) is 19.3 Å². The molecular formula is C9H20N2. The van der Waals surface area contributed by atoms with Crippen molar-refractivity contribution in [3.63, 3.8) is 0 Å². The fraction of sp³-hybridized carbons (Fsp3) is 1.00. The molecule has 66 valence electrons. The number of nitrogens with zero attached hydrogens (tertiary/aromatic N) is 1. The molecule has 0 heterocycles. The lowest BCUT2D eigenvalue weighted by atomic mass is 10.3. The van der Waals surface area contributed by atoms with Crippen molar-refractivity contribution in [2.45, 2.75) is 45.6 Å². The minimum Gasteiger partial charge on any atom is -0.255 e. The van der Waals surface area contributed by atoms with Crippen LogP contribution in [0.1, 0.15) is 39.5 Å². The monoisotopic (exact) mass is 156 g/mol. The fourth-order valence-electron chi connectivity index (χ4n) is 1.28. The van der Waals surface area contributed by atoms with Gasteiger partial charge in [-0.25, -0.2) is 5.01 Å². The molecule has 2 nitrogen and oxygen atoms in total. The number of unbranched alkanes of at least 4 members (excludes halogenated alkanes) is 1. The van der Waals surface area contributed by atoms with Crippen LogP contribution < -0.4 is 5.43 Å². The molecule has 1 rings (SSSR count). The van der Waals surface area contributed by atoms with Crippen LogP contribution in [-0.2, 0) is 0 Å². The van der Waals surface area contributed by atoms with Crippen LogP contribution in [0, 0.1) is 0 Å². The average Bonchev–Trinajstić information content (AvgIpc) is 2.81. The van der Waals surface area contributed by atoms with Crippen LogP contribution in [0.5, 0.6) is 0 Å². The number of hydrazine groups is 1. The molecule has 0 aromatic carbocycles. The predicted molar refractivity (Wildman–Crippen MR) is 48.3 cm³/mol. The highest BCUT2D eigenvalue weighted by Crippen LogP contribution is 2.24. The third-order valence-corrected chi connectivity index (χ3v) is 2.17. The lowest BCUT2D eigenvalue weighted by Gasteiger charge is -2.20. The summed E-state index contributed by atoms with van der Waals surface area (Å²) in [7, 11) is 0. The zero-order chi connectivity index (χ0) is 8.10. The van der Waals surface area contributed by atoms with Gasteiger partial charge in [-0.2, -0.15) is 0 Å². The first-order valence-corrected chi connectivity index (χ1v) is 4.88. The molecule has 1 aliphatic carbocycles. The summed E-state index contributed by atoms with van der Waals surface area (Å²) in [5.74, 6) is 0. The Labute approximate surface area is 69.9 Å². The quantitative estimate of drug-likeness (QED) is 0.466. The van der Waals surface area contributed by atoms with Crippen LogP contribution in [0.3, 0.4) is 0 Å². The number of hydrogen-bond acceptors (Lipinski definition) is 2. The van der Waals surface area contributed by atoms with Crippen LogP contribution in [0.25, 0.3) is 0 Å². The van der Waals surface area contributed by atoms with Gasteiger partial charge in [0.15, 0.2) is 0 Å². The van der Waals surface area contributed by atoms with E-state index >= 15 is 0 Å². The van der Waals surface area contributed by atoms with Crippen LogP contribution >= 0.6 is 0 Å². The molecule has 1 N–H and O–H groups in total. The smallest absolute Gasteiger partial charge is 0.0244 e. The van der Waals surface area contributed by atoms with Crippen molar-refractivity contribution in [3.05, 3.63) is 0 Å². The molecule has 0 aromatic heterocycles. The molecule has 0 radical (unpaired) electrons. The Morgan fingerprint density at radius 2 is 2.09 bits per heavy atom. The summed E-state index contributed by atoms with van der Waals surface area (Å²) in [6.45, 7) is 6.75. The zero-order valence-corrected chi connectivity index (χ0v) is 7.77. The second-order valence-electron chi connectivity index (χ2n) is 3.28. The van der Waals surface area contributed by atoms with Gasteiger partial charge in [-0.3, -0.25) is 5.43 Å². The van der Waals surface area contributed by atoms with Crippen molar-refractivity contribution < 1.29 is 0 Å². The van der Waals surface area contributed by atoms with Gasteiger partial charge in [0.2, 0.25) is 0 Å². The van der Waals surface area contributed by atoms with E-state index in [1.165, 1.54) is 25.7 Å². The predicted octanol–water partition coefficient (Wildman–Crippen LogP) is 1.78. The van der Waals surface area contributed by atoms with E-state index in [9.17, 15) is 0 Å². The molecule has 1 fully saturated rings. The van der Waals surface area contributed by atoms with Gasteiger partial charge in [0, 0.05) is 19.1 Å². The molecule has 0 atom stereocenters. The molecule has 0 saturated heterocycles. The molecule has 0 amide bonds. The standard InChI is InChI=1S/C9H20N2/c1-3-5-8-10-11(4-2)9-6-7-9/h9-10H,3-8H2,1-2H3. The maximum Gasteiger partial charge on any atom is 0.0244 e. The zero-order valence-electron chi connectivity index (χ0n) is 7.77. The Bertz CT molecular complexity index is 99.7. The third-order valence-electron chi connectivity index (χ3n) is 2.17. The van der Waals surface area contributed by atoms with Crippen molar-refractivity contribution in [2.75, 3.05) is 13.1 Å². The lowest BCUT2D eigenvalue weighted by molar-refractivity contribution is 0.186. The van der Waals surface area contributed by atoms with Crippen LogP contribution in [-0.4, -0.2) is 24.1 Å². The van der Waals surface area contributed by atoms with Crippen molar-refractivity contribution in [1.82, 2.24) is 10.4 Å². The number of hydrogen-bond donors (Lipinski definition) is 1. The molecule has 1 saturated carbocycles. The van der Waals surface area contributed by atoms with E-state index in [4.69, 9.17) is 0 Å². The van der Waals surface area contributed by atoms with E-state index in [1.54, 1.807) is 0 Å². The molecule has 0 aromatic rings. The highest BCUT2D eigenvalue weighted by Gasteiger charge is 2.27. The summed E-state index contributed by atoms with van der Waals surface area (Å²) in [5, 5.41) is 2.38. The minimum atomic E-state index is 0.858. The topological polar surface area (TPSA) is 15.3 Å². The van der Waals surface area contributed by atoms with Gasteiger partial charge in [0.05, 0.1) is 0 Å². The second-order valence-corrected chi connectivity index (χ2v) is 3.28. The van der Waals surface area contributed by atoms with Crippen molar-refractivity contribution in [2.24, 2.45) is 0 Å². The lowest BCUT2D eigenvalue weighted by Crippen LogP contribution is -2.40. The maximum absolute atomic E-state index is 3.47. The normalized spacial score (nSPS) is 17.7. The van der Waals surface area contributed by atoms with Crippen LogP contribution in [0.15, 0.2) is 0 Å². The average molecular weight is 156 g/mol. The van der Waals surface area contributed by atoms with Crippen molar-refractivity contribution in [1.29, 1.82) is 0 Å². The van der Waals surface area contributed by atoms with E-state index in [1.807, 2.05) is 0 Å². The SMILES string of the molecule is CCCCNN(CC)C1CC1. The first-order chi connectivity index (χ1) is 5.38. The van der Waals surface area contributed by atoms with Crippen LogP contribution in [0.4, 0.5) is 0 Å². The number of nitrogens with one attached hydrogen (secondary N) is 1. The molecule has 2 heteroatoms. The van der Waals surface area contributed by atoms with Gasteiger partial charge >= 0.3 is 0 Å². The third kappa shape index (κ3) is 3.21. The summed E-state index contributed by atoms with van der Waals surface area (Å²) >= 11 is 0. The van der Waals surface area contributed by atoms with E-state index in [2.05, 4.69) is 24.3 Å². The highest BCUT2D eigenvalue weighted by molar-refractivity contribution is 4.81. The van der Waals surface area contributed by atoms with Crippen molar-refractivity contribution in [3.8, 4) is 0 Å². The minimum absolute atomic E-state index is 0.858. The van der Waals surface area contributed by atoms with Gasteiger partial charge in [-0.15, -0.1) is 0 Å². The van der Waals surface area contributed by atoms with Gasteiger partial charge in [-0.1, -0.05) is 20.3 Å². The Morgan fingerprint density at radius 1 is 1.36 bits per heavy atom. The van der Waals surface area contributed by atoms with Crippen molar-refractivity contribution >= 4 is 0 Å². The van der Waals surface area contributed by atoms with Gasteiger partial charge < -0.3 is 0 Å². The molecule has 11 heavy (non-hydrogen) atoms. The summed E-state index contributed by atoms with van der Waals surface area (Å²) in [6.07, 6.45) is 5.37. The first kappa shape index (κ1) is 9.01. The number of rotatable bonds is 6. The van der Waals surface area contributed by atoms with E-state index in [0.29, 0.717) is 0 Å². The highest BCUT2D eigenvalue weighted by atomic mass is 15.5. The van der Waals surface area contributed by atoms with E-state index < -0.39 is 0 Å². The Morgan fingerprint density at radius 3 is 2.55 bits per heavy atom. The Hall–Kier alpha value is -0.0800. The molecule has 0 aliphatic heterocycles. The summed E-state index contributed by atoms with van der Waals surface area (Å²) < 4.78 is 0. The fourth-order valence-corrected chi connectivity index (χ4v) is 1.28. The molecule has 0 bridgehead atoms. The second kappa shape index (κ2) is 4.73. The van der Waals surface area contributed by atoms with E-state index in [-0.39, 0.29) is 0 Å². The molecule has 0 unspecified atom stereocenters. The largest absolute Gasteiger partial charge is 0.255 e. The summed E-state index contributed by atoms with van der Waals surface area (Å²) in [5.41, 5.74) is 3.47.